The average Bonchev–Trinajstić information content (AvgIpc) is 3.82. The normalized spacial score (nSPS) is 21.4. The number of fused-ring (bicyclic) bond motifs is 13. The van der Waals surface area contributed by atoms with Gasteiger partial charge in [-0.2, -0.15) is 0 Å². The van der Waals surface area contributed by atoms with E-state index in [0.717, 1.165) is 43.3 Å². The molecule has 73 heavy (non-hydrogen) atoms. The molecule has 4 bridgehead atoms. The summed E-state index contributed by atoms with van der Waals surface area (Å²) in [6.45, 7) is 34.4. The maximum atomic E-state index is 7.83. The van der Waals surface area contributed by atoms with Crippen LogP contribution >= 0.6 is 0 Å². The first-order chi connectivity index (χ1) is 34.4. The number of furan rings is 1. The SMILES string of the molecule is CC1(C)CCC(C)(C)c2cc(N3c4cc5cc6c4B(c4cc7c(cc4N6c4cccc6c4-c4cc8c-5cccc8cc4C6(C)C)C(C)(C)CCC7(C)C)c4oc5cc6c(cc5c43)C(C)(C)CCC6(C)C)ccc21. The average molecular weight is 955 g/mol. The van der Waals surface area contributed by atoms with Gasteiger partial charge in [-0.1, -0.05) is 139 Å². The van der Waals surface area contributed by atoms with E-state index in [0.29, 0.717) is 0 Å². The third kappa shape index (κ3) is 5.59. The number of hydrogen-bond donors (Lipinski definition) is 0. The summed E-state index contributed by atoms with van der Waals surface area (Å²) in [6.07, 6.45) is 6.97. The van der Waals surface area contributed by atoms with Crippen molar-refractivity contribution in [3.05, 3.63) is 148 Å². The second kappa shape index (κ2) is 13.4. The van der Waals surface area contributed by atoms with Crippen LogP contribution in [0.3, 0.4) is 0 Å². The highest BCUT2D eigenvalue weighted by molar-refractivity contribution is 7.00. The number of benzene rings is 7. The minimum atomic E-state index is -0.170. The molecule has 1 aromatic heterocycles. The molecule has 0 amide bonds. The molecule has 366 valence electrons. The fourth-order valence-corrected chi connectivity index (χ4v) is 16.0. The van der Waals surface area contributed by atoms with E-state index in [1.54, 1.807) is 0 Å². The van der Waals surface area contributed by atoms with Crippen molar-refractivity contribution in [1.29, 1.82) is 0 Å². The van der Waals surface area contributed by atoms with Crippen molar-refractivity contribution < 1.29 is 4.42 Å². The topological polar surface area (TPSA) is 19.6 Å². The monoisotopic (exact) mass is 955 g/mol. The van der Waals surface area contributed by atoms with Crippen molar-refractivity contribution in [2.75, 3.05) is 9.80 Å². The molecule has 7 aromatic carbocycles. The number of nitrogens with zero attached hydrogens (tertiary/aromatic N) is 2. The molecule has 4 heterocycles. The minimum absolute atomic E-state index is 0.0158. The molecule has 0 atom stereocenters. The smallest absolute Gasteiger partial charge is 0.297 e. The summed E-state index contributed by atoms with van der Waals surface area (Å²) in [7, 11) is 0. The maximum Gasteiger partial charge on any atom is 0.297 e. The van der Waals surface area contributed by atoms with Crippen LogP contribution in [0.5, 0.6) is 0 Å². The fourth-order valence-electron chi connectivity index (χ4n) is 16.0. The number of anilines is 6. The van der Waals surface area contributed by atoms with Gasteiger partial charge in [0.1, 0.15) is 5.58 Å². The van der Waals surface area contributed by atoms with Crippen LogP contribution in [0.1, 0.15) is 180 Å². The van der Waals surface area contributed by atoms with Crippen LogP contribution in [0.25, 0.3) is 44.0 Å². The van der Waals surface area contributed by atoms with Crippen LogP contribution in [-0.4, -0.2) is 6.71 Å². The highest BCUT2D eigenvalue weighted by Gasteiger charge is 2.52. The van der Waals surface area contributed by atoms with Crippen molar-refractivity contribution in [1.82, 2.24) is 0 Å². The first-order valence-corrected chi connectivity index (χ1v) is 27.8. The van der Waals surface area contributed by atoms with Gasteiger partial charge in [0.25, 0.3) is 6.71 Å². The van der Waals surface area contributed by atoms with Crippen molar-refractivity contribution in [3.8, 4) is 22.3 Å². The van der Waals surface area contributed by atoms with Gasteiger partial charge in [-0.25, -0.2) is 0 Å². The summed E-state index contributed by atoms with van der Waals surface area (Å²) >= 11 is 0. The summed E-state index contributed by atoms with van der Waals surface area (Å²) in [5, 5.41) is 3.85. The molecular weight excluding hydrogens is 884 g/mol. The van der Waals surface area contributed by atoms with E-state index in [4.69, 9.17) is 4.42 Å². The molecule has 8 aromatic rings. The summed E-state index contributed by atoms with van der Waals surface area (Å²) in [5.74, 6) is 0. The Bertz CT molecular complexity index is 3870. The molecular formula is C69H71BN2O. The molecule has 15 rings (SSSR count). The first-order valence-electron chi connectivity index (χ1n) is 27.8. The van der Waals surface area contributed by atoms with Crippen LogP contribution in [0, 0.1) is 0 Å². The molecule has 0 fully saturated rings. The minimum Gasteiger partial charge on any atom is -0.468 e. The second-order valence-corrected chi connectivity index (χ2v) is 28.5. The molecule has 3 aliphatic heterocycles. The molecule has 0 saturated heterocycles. The van der Waals surface area contributed by atoms with Crippen molar-refractivity contribution in [2.24, 2.45) is 0 Å². The van der Waals surface area contributed by atoms with Crippen molar-refractivity contribution >= 4 is 79.2 Å². The van der Waals surface area contributed by atoms with Crippen LogP contribution in [0.4, 0.5) is 34.1 Å². The van der Waals surface area contributed by atoms with Gasteiger partial charge < -0.3 is 14.2 Å². The van der Waals surface area contributed by atoms with Gasteiger partial charge in [0.2, 0.25) is 0 Å². The van der Waals surface area contributed by atoms with Gasteiger partial charge in [0, 0.05) is 39.1 Å². The molecule has 7 aliphatic rings. The predicted octanol–water partition coefficient (Wildman–Crippen LogP) is 17.0. The Kier molecular flexibility index (Phi) is 8.20. The lowest BCUT2D eigenvalue weighted by Crippen LogP contribution is -2.61. The Morgan fingerprint density at radius 1 is 0.425 bits per heavy atom. The lowest BCUT2D eigenvalue weighted by Gasteiger charge is -2.47. The molecule has 4 heteroatoms. The molecule has 0 saturated carbocycles. The van der Waals surface area contributed by atoms with E-state index in [-0.39, 0.29) is 44.6 Å². The predicted molar refractivity (Wildman–Crippen MR) is 310 cm³/mol. The molecule has 3 nitrogen and oxygen atoms in total. The molecule has 0 N–H and O–H groups in total. The number of hydrogen-bond acceptors (Lipinski definition) is 3. The van der Waals surface area contributed by atoms with Gasteiger partial charge in [0.15, 0.2) is 0 Å². The van der Waals surface area contributed by atoms with Crippen LogP contribution in [0.15, 0.2) is 108 Å². The van der Waals surface area contributed by atoms with Crippen LogP contribution < -0.4 is 26.4 Å². The molecule has 0 spiro atoms. The van der Waals surface area contributed by atoms with E-state index in [9.17, 15) is 0 Å². The summed E-state index contributed by atoms with van der Waals surface area (Å²) in [5.41, 5.74) is 29.3. The highest BCUT2D eigenvalue weighted by Crippen LogP contribution is 2.60. The van der Waals surface area contributed by atoms with Crippen molar-refractivity contribution in [2.45, 2.75) is 173 Å². The first kappa shape index (κ1) is 44.5. The Balaban J connectivity index is 1.14. The third-order valence-electron chi connectivity index (χ3n) is 20.9. The van der Waals surface area contributed by atoms with Gasteiger partial charge >= 0.3 is 0 Å². The van der Waals surface area contributed by atoms with E-state index in [2.05, 4.69) is 210 Å². The lowest BCUT2D eigenvalue weighted by atomic mass is 9.35. The maximum absolute atomic E-state index is 7.83. The summed E-state index contributed by atoms with van der Waals surface area (Å²) < 4.78 is 7.83. The summed E-state index contributed by atoms with van der Waals surface area (Å²) in [6, 6.07) is 42.5. The lowest BCUT2D eigenvalue weighted by molar-refractivity contribution is 0.332. The zero-order valence-electron chi connectivity index (χ0n) is 45.9. The zero-order valence-corrected chi connectivity index (χ0v) is 45.9. The quantitative estimate of drug-likeness (QED) is 0.153. The van der Waals surface area contributed by atoms with E-state index in [1.807, 2.05) is 0 Å². The van der Waals surface area contributed by atoms with Gasteiger partial charge in [-0.15, -0.1) is 0 Å². The standard InChI is InChI=1S/C69H71BN2O/c1-63(2)23-24-64(3,4)48-32-40(21-22-45(48)63)71-56-30-39-31-57-60(56)70(62-61(71)44-34-49-52(37-58(44)73-62)68(11,12)28-25-65(49,5)6)53-35-50-51(67(9,10)27-26-66(50,7)8)36-55(53)72(57)54-20-16-19-46-59(54)43-33-42-38(17-15-18-41(39)42)29-47(43)69(46,13)14/h15-22,29-37H,23-28H2,1-14H3. The molecule has 0 unspecified atom stereocenters. The highest BCUT2D eigenvalue weighted by atomic mass is 16.3. The van der Waals surface area contributed by atoms with Gasteiger partial charge in [-0.05, 0) is 215 Å². The Morgan fingerprint density at radius 2 is 1.00 bits per heavy atom. The van der Waals surface area contributed by atoms with Gasteiger partial charge in [0.05, 0.1) is 17.0 Å². The molecule has 0 radical (unpaired) electrons. The largest absolute Gasteiger partial charge is 0.468 e. The van der Waals surface area contributed by atoms with Gasteiger partial charge in [-0.3, -0.25) is 0 Å². The van der Waals surface area contributed by atoms with Crippen LogP contribution in [-0.2, 0) is 37.9 Å². The summed E-state index contributed by atoms with van der Waals surface area (Å²) in [4.78, 5) is 5.43. The molecule has 4 aliphatic carbocycles. The Labute approximate surface area is 434 Å². The third-order valence-corrected chi connectivity index (χ3v) is 20.9. The van der Waals surface area contributed by atoms with E-state index < -0.39 is 0 Å². The number of rotatable bonds is 1. The second-order valence-electron chi connectivity index (χ2n) is 28.5. The Morgan fingerprint density at radius 3 is 1.67 bits per heavy atom. The van der Waals surface area contributed by atoms with Crippen molar-refractivity contribution in [3.63, 3.8) is 0 Å². The van der Waals surface area contributed by atoms with E-state index in [1.165, 1.54) is 134 Å². The van der Waals surface area contributed by atoms with Crippen LogP contribution in [0.2, 0.25) is 0 Å². The van der Waals surface area contributed by atoms with E-state index >= 15 is 0 Å². The fraction of sp³-hybridized carbons (Fsp3) is 0.391. The zero-order chi connectivity index (χ0) is 50.6. The Hall–Kier alpha value is -6.00.